The van der Waals surface area contributed by atoms with E-state index in [4.69, 9.17) is 9.47 Å². The Morgan fingerprint density at radius 3 is 2.25 bits per heavy atom. The zero-order valence-corrected chi connectivity index (χ0v) is 13.8. The third-order valence-corrected chi connectivity index (χ3v) is 4.62. The molecular formula is C17H26O7. The van der Waals surface area contributed by atoms with Gasteiger partial charge in [-0.1, -0.05) is 12.1 Å². The lowest BCUT2D eigenvalue weighted by molar-refractivity contribution is -0.198. The minimum atomic E-state index is -1.40. The van der Waals surface area contributed by atoms with Crippen molar-refractivity contribution < 1.29 is 35.0 Å². The summed E-state index contributed by atoms with van der Waals surface area (Å²) in [5, 5.41) is 49.4. The Morgan fingerprint density at radius 1 is 1.08 bits per heavy atom. The number of hydrogen-bond donors (Lipinski definition) is 5. The summed E-state index contributed by atoms with van der Waals surface area (Å²) in [5.74, 6) is 0.0869. The van der Waals surface area contributed by atoms with E-state index < -0.39 is 42.5 Å². The third kappa shape index (κ3) is 4.05. The maximum Gasteiger partial charge on any atom is 0.118 e. The van der Waals surface area contributed by atoms with Gasteiger partial charge in [-0.15, -0.1) is 0 Å². The van der Waals surface area contributed by atoms with Crippen molar-refractivity contribution in [1.82, 2.24) is 0 Å². The summed E-state index contributed by atoms with van der Waals surface area (Å²) >= 11 is 0. The summed E-state index contributed by atoms with van der Waals surface area (Å²) in [5.41, 5.74) is 0.632. The molecule has 1 aliphatic rings. The van der Waals surface area contributed by atoms with Crippen LogP contribution in [0.3, 0.4) is 0 Å². The molecule has 0 spiro atoms. The Labute approximate surface area is 141 Å². The average Bonchev–Trinajstić information content (AvgIpc) is 2.61. The number of benzene rings is 1. The number of methoxy groups -OCH3 is 1. The fourth-order valence-corrected chi connectivity index (χ4v) is 3.02. The van der Waals surface area contributed by atoms with Crippen molar-refractivity contribution in [1.29, 1.82) is 0 Å². The van der Waals surface area contributed by atoms with Gasteiger partial charge in [0.25, 0.3) is 0 Å². The lowest BCUT2D eigenvalue weighted by Crippen LogP contribution is -2.55. The Hall–Kier alpha value is -1.22. The number of ether oxygens (including phenoxy) is 2. The van der Waals surface area contributed by atoms with Gasteiger partial charge in [-0.05, 0) is 31.0 Å². The van der Waals surface area contributed by atoms with Gasteiger partial charge < -0.3 is 35.0 Å². The average molecular weight is 342 g/mol. The van der Waals surface area contributed by atoms with Crippen LogP contribution in [-0.4, -0.2) is 69.8 Å². The van der Waals surface area contributed by atoms with Gasteiger partial charge in [0.15, 0.2) is 0 Å². The Kier molecular flexibility index (Phi) is 6.56. The second-order valence-electron chi connectivity index (χ2n) is 6.25. The molecule has 1 aliphatic carbocycles. The molecule has 7 atom stereocenters. The molecule has 2 rings (SSSR count). The van der Waals surface area contributed by atoms with Crippen molar-refractivity contribution in [2.24, 2.45) is 5.92 Å². The van der Waals surface area contributed by atoms with Crippen LogP contribution in [0, 0.1) is 5.92 Å². The molecule has 0 radical (unpaired) electrons. The molecule has 0 aliphatic heterocycles. The molecule has 0 aromatic heterocycles. The third-order valence-electron chi connectivity index (χ3n) is 4.62. The number of aliphatic hydroxyl groups is 5. The molecule has 0 bridgehead atoms. The van der Waals surface area contributed by atoms with Crippen LogP contribution >= 0.6 is 0 Å². The van der Waals surface area contributed by atoms with Crippen LogP contribution in [0.5, 0.6) is 5.75 Å². The summed E-state index contributed by atoms with van der Waals surface area (Å²) in [6.45, 7) is 1.34. The van der Waals surface area contributed by atoms with Gasteiger partial charge in [-0.3, -0.25) is 0 Å². The zero-order valence-electron chi connectivity index (χ0n) is 13.8. The zero-order chi connectivity index (χ0) is 17.9. The van der Waals surface area contributed by atoms with Crippen molar-refractivity contribution in [3.63, 3.8) is 0 Å². The van der Waals surface area contributed by atoms with E-state index in [-0.39, 0.29) is 13.0 Å². The molecule has 1 saturated carbocycles. The van der Waals surface area contributed by atoms with Gasteiger partial charge in [0.2, 0.25) is 0 Å². The fraction of sp³-hybridized carbons (Fsp3) is 0.647. The quantitative estimate of drug-likeness (QED) is 0.477. The van der Waals surface area contributed by atoms with E-state index in [9.17, 15) is 25.5 Å². The monoisotopic (exact) mass is 342 g/mol. The van der Waals surface area contributed by atoms with Crippen molar-refractivity contribution in [2.75, 3.05) is 13.7 Å². The van der Waals surface area contributed by atoms with E-state index in [0.717, 1.165) is 0 Å². The second kappa shape index (κ2) is 8.24. The molecule has 1 fully saturated rings. The van der Waals surface area contributed by atoms with E-state index in [2.05, 4.69) is 0 Å². The molecule has 0 saturated heterocycles. The van der Waals surface area contributed by atoms with Crippen LogP contribution in [0.25, 0.3) is 0 Å². The highest BCUT2D eigenvalue weighted by Crippen LogP contribution is 2.30. The predicted octanol–water partition coefficient (Wildman–Crippen LogP) is -0.403. The summed E-state index contributed by atoms with van der Waals surface area (Å²) in [6, 6.07) is 6.89. The molecule has 1 aromatic carbocycles. The van der Waals surface area contributed by atoms with Crippen LogP contribution in [0.1, 0.15) is 25.0 Å². The largest absolute Gasteiger partial charge is 0.497 e. The summed E-state index contributed by atoms with van der Waals surface area (Å²) in [6.07, 6.45) is -6.07. The van der Waals surface area contributed by atoms with Gasteiger partial charge in [0.1, 0.15) is 24.1 Å². The lowest BCUT2D eigenvalue weighted by Gasteiger charge is -2.41. The molecule has 1 aromatic rings. The Balaban J connectivity index is 2.02. The number of aliphatic hydroxyl groups excluding tert-OH is 5. The van der Waals surface area contributed by atoms with Gasteiger partial charge >= 0.3 is 0 Å². The van der Waals surface area contributed by atoms with Crippen LogP contribution in [0.4, 0.5) is 0 Å². The maximum atomic E-state index is 10.4. The van der Waals surface area contributed by atoms with Gasteiger partial charge in [0.05, 0.1) is 25.4 Å². The second-order valence-corrected chi connectivity index (χ2v) is 6.25. The van der Waals surface area contributed by atoms with Crippen LogP contribution in [0.15, 0.2) is 24.3 Å². The van der Waals surface area contributed by atoms with Crippen molar-refractivity contribution in [2.45, 2.75) is 50.0 Å². The minimum absolute atomic E-state index is 0.190. The van der Waals surface area contributed by atoms with E-state index in [1.54, 1.807) is 38.3 Å². The highest BCUT2D eigenvalue weighted by atomic mass is 16.5. The van der Waals surface area contributed by atoms with E-state index in [1.807, 2.05) is 0 Å². The molecule has 5 N–H and O–H groups in total. The van der Waals surface area contributed by atoms with Crippen LogP contribution in [0.2, 0.25) is 0 Å². The Bertz CT molecular complexity index is 504. The smallest absolute Gasteiger partial charge is 0.118 e. The normalized spacial score (nSPS) is 33.0. The number of rotatable bonds is 6. The summed E-state index contributed by atoms with van der Waals surface area (Å²) in [4.78, 5) is 0. The highest BCUT2D eigenvalue weighted by Gasteiger charge is 2.43. The first-order valence-electron chi connectivity index (χ1n) is 8.01. The Morgan fingerprint density at radius 2 is 1.71 bits per heavy atom. The van der Waals surface area contributed by atoms with Crippen molar-refractivity contribution in [3.05, 3.63) is 29.8 Å². The van der Waals surface area contributed by atoms with Crippen molar-refractivity contribution >= 4 is 0 Å². The first-order valence-corrected chi connectivity index (χ1v) is 8.01. The molecule has 136 valence electrons. The molecule has 7 heteroatoms. The number of hydrogen-bond acceptors (Lipinski definition) is 7. The summed E-state index contributed by atoms with van der Waals surface area (Å²) < 4.78 is 10.8. The van der Waals surface area contributed by atoms with Crippen molar-refractivity contribution in [3.8, 4) is 5.75 Å². The maximum absolute atomic E-state index is 10.4. The van der Waals surface area contributed by atoms with E-state index in [0.29, 0.717) is 11.3 Å². The van der Waals surface area contributed by atoms with Gasteiger partial charge in [-0.25, -0.2) is 0 Å². The molecule has 7 nitrogen and oxygen atoms in total. The van der Waals surface area contributed by atoms with E-state index in [1.165, 1.54) is 0 Å². The first kappa shape index (κ1) is 19.1. The van der Waals surface area contributed by atoms with Gasteiger partial charge in [-0.2, -0.15) is 0 Å². The lowest BCUT2D eigenvalue weighted by atomic mass is 9.81. The molecule has 24 heavy (non-hydrogen) atoms. The SMILES string of the molecule is COc1ccc(C(O)C(C)OC2CC(CO)C(O)C(O)C2O)cc1. The molecule has 7 unspecified atom stereocenters. The topological polar surface area (TPSA) is 120 Å². The van der Waals surface area contributed by atoms with Crippen LogP contribution in [-0.2, 0) is 4.74 Å². The summed E-state index contributed by atoms with van der Waals surface area (Å²) in [7, 11) is 1.55. The standard InChI is InChI=1S/C17H26O7/c1-9(14(19)10-3-5-12(23-2)6-4-10)24-13-7-11(8-18)15(20)17(22)16(13)21/h3-6,9,11,13-22H,7-8H2,1-2H3. The fourth-order valence-electron chi connectivity index (χ4n) is 3.02. The molecular weight excluding hydrogens is 316 g/mol. The van der Waals surface area contributed by atoms with Gasteiger partial charge in [0, 0.05) is 12.5 Å². The highest BCUT2D eigenvalue weighted by molar-refractivity contribution is 5.28. The van der Waals surface area contributed by atoms with Crippen LogP contribution < -0.4 is 4.74 Å². The van der Waals surface area contributed by atoms with E-state index >= 15 is 0 Å². The predicted molar refractivity (Wildman–Crippen MR) is 85.5 cm³/mol. The molecule has 0 heterocycles. The first-order chi connectivity index (χ1) is 11.4. The minimum Gasteiger partial charge on any atom is -0.497 e. The molecule has 0 amide bonds.